The monoisotopic (exact) mass is 367 g/mol. The second-order valence-corrected chi connectivity index (χ2v) is 8.21. The van der Waals surface area contributed by atoms with Gasteiger partial charge in [0.25, 0.3) is 0 Å². The van der Waals surface area contributed by atoms with E-state index in [2.05, 4.69) is 29.2 Å². The lowest BCUT2D eigenvalue weighted by atomic mass is 9.97. The number of benzene rings is 2. The third kappa shape index (κ3) is 4.57. The molecule has 0 saturated carbocycles. The van der Waals surface area contributed by atoms with Crippen LogP contribution in [0.5, 0.6) is 0 Å². The Morgan fingerprint density at radius 3 is 2.22 bits per heavy atom. The van der Waals surface area contributed by atoms with Crippen molar-refractivity contribution in [3.63, 3.8) is 0 Å². The molecule has 1 aliphatic heterocycles. The van der Waals surface area contributed by atoms with Crippen molar-refractivity contribution in [1.29, 1.82) is 0 Å². The van der Waals surface area contributed by atoms with Gasteiger partial charge in [0.2, 0.25) is 0 Å². The van der Waals surface area contributed by atoms with Crippen molar-refractivity contribution in [2.75, 3.05) is 20.3 Å². The summed E-state index contributed by atoms with van der Waals surface area (Å²) < 4.78 is 11.3. The predicted molar refractivity (Wildman–Crippen MR) is 106 cm³/mol. The van der Waals surface area contributed by atoms with Gasteiger partial charge in [-0.3, -0.25) is 4.90 Å². The summed E-state index contributed by atoms with van der Waals surface area (Å²) >= 11 is 0. The van der Waals surface area contributed by atoms with Gasteiger partial charge in [0.1, 0.15) is 11.1 Å². The summed E-state index contributed by atoms with van der Waals surface area (Å²) in [5, 5.41) is 0. The normalized spacial score (nSPS) is 22.9. The van der Waals surface area contributed by atoms with Crippen molar-refractivity contribution in [2.24, 2.45) is 0 Å². The first kappa shape index (κ1) is 19.6. The van der Waals surface area contributed by atoms with E-state index >= 15 is 0 Å². The fraction of sp³-hybridized carbons (Fsp3) is 0.435. The Morgan fingerprint density at radius 2 is 1.67 bits per heavy atom. The molecule has 4 heteroatoms. The van der Waals surface area contributed by atoms with E-state index in [1.54, 1.807) is 7.11 Å². The van der Waals surface area contributed by atoms with E-state index < -0.39 is 11.1 Å². The van der Waals surface area contributed by atoms with Crippen molar-refractivity contribution in [2.45, 2.75) is 44.4 Å². The van der Waals surface area contributed by atoms with Crippen molar-refractivity contribution in [1.82, 2.24) is 4.90 Å². The Balaban J connectivity index is 1.90. The molecule has 0 aliphatic carbocycles. The summed E-state index contributed by atoms with van der Waals surface area (Å²) in [5.41, 5.74) is 1.12. The molecule has 144 valence electrons. The Morgan fingerprint density at radius 1 is 1.07 bits per heavy atom. The molecule has 3 rings (SSSR count). The summed E-state index contributed by atoms with van der Waals surface area (Å²) in [6.45, 7) is 6.94. The number of esters is 1. The molecule has 1 heterocycles. The molecule has 0 radical (unpaired) electrons. The minimum absolute atomic E-state index is 0.0208. The van der Waals surface area contributed by atoms with Gasteiger partial charge in [-0.2, -0.15) is 0 Å². The Hall–Kier alpha value is -2.17. The van der Waals surface area contributed by atoms with Crippen LogP contribution in [0, 0.1) is 0 Å². The summed E-state index contributed by atoms with van der Waals surface area (Å²) in [5.74, 6) is -0.157. The van der Waals surface area contributed by atoms with E-state index in [9.17, 15) is 4.79 Å². The topological polar surface area (TPSA) is 38.5 Å². The molecule has 2 aromatic carbocycles. The molecule has 2 aromatic rings. The molecule has 1 saturated heterocycles. The molecule has 4 nitrogen and oxygen atoms in total. The first-order valence-corrected chi connectivity index (χ1v) is 9.44. The van der Waals surface area contributed by atoms with E-state index in [1.165, 1.54) is 0 Å². The van der Waals surface area contributed by atoms with Crippen LogP contribution in [-0.4, -0.2) is 42.3 Å². The second kappa shape index (κ2) is 7.83. The molecular formula is C23H29NO3. The standard InChI is InChI=1S/C23H29NO3/c1-22(2,3)27-21(25)23(15-18-11-7-5-8-12-18)17-24(23)20(16-26-4)19-13-9-6-10-14-19/h5-14,20H,15-17H2,1-4H3/t20-,23+,24?/m0/s1. The summed E-state index contributed by atoms with van der Waals surface area (Å²) in [7, 11) is 1.70. The van der Waals surface area contributed by atoms with Gasteiger partial charge in [0.05, 0.1) is 12.6 Å². The van der Waals surface area contributed by atoms with Gasteiger partial charge in [-0.1, -0.05) is 60.7 Å². The van der Waals surface area contributed by atoms with E-state index in [0.29, 0.717) is 19.6 Å². The maximum atomic E-state index is 13.2. The molecule has 1 unspecified atom stereocenters. The third-order valence-electron chi connectivity index (χ3n) is 4.88. The van der Waals surface area contributed by atoms with Crippen molar-refractivity contribution in [3.05, 3.63) is 71.8 Å². The van der Waals surface area contributed by atoms with Gasteiger partial charge in [-0.15, -0.1) is 0 Å². The number of nitrogens with zero attached hydrogens (tertiary/aromatic N) is 1. The lowest BCUT2D eigenvalue weighted by Crippen LogP contribution is -2.40. The number of carbonyl (C=O) groups excluding carboxylic acids is 1. The van der Waals surface area contributed by atoms with Crippen molar-refractivity contribution in [3.8, 4) is 0 Å². The van der Waals surface area contributed by atoms with Crippen LogP contribution in [0.25, 0.3) is 0 Å². The summed E-state index contributed by atoms with van der Waals surface area (Å²) in [6, 6.07) is 20.4. The maximum absolute atomic E-state index is 13.2. The number of ether oxygens (including phenoxy) is 2. The molecule has 1 aliphatic rings. The van der Waals surface area contributed by atoms with E-state index in [4.69, 9.17) is 9.47 Å². The maximum Gasteiger partial charge on any atom is 0.328 e. The minimum atomic E-state index is -0.645. The fourth-order valence-corrected chi connectivity index (χ4v) is 3.57. The predicted octanol–water partition coefficient (Wildman–Crippen LogP) is 4.01. The van der Waals surface area contributed by atoms with Crippen LogP contribution in [0.4, 0.5) is 0 Å². The number of carbonyl (C=O) groups is 1. The van der Waals surface area contributed by atoms with Gasteiger partial charge in [-0.25, -0.2) is 4.79 Å². The Bertz CT molecular complexity index is 754. The van der Waals surface area contributed by atoms with Crippen LogP contribution >= 0.6 is 0 Å². The minimum Gasteiger partial charge on any atom is -0.459 e. The number of hydrogen-bond donors (Lipinski definition) is 0. The molecule has 0 amide bonds. The number of hydrogen-bond acceptors (Lipinski definition) is 4. The zero-order valence-corrected chi connectivity index (χ0v) is 16.6. The third-order valence-corrected chi connectivity index (χ3v) is 4.88. The molecule has 0 aromatic heterocycles. The van der Waals surface area contributed by atoms with Crippen LogP contribution in [-0.2, 0) is 20.7 Å². The highest BCUT2D eigenvalue weighted by atomic mass is 16.6. The highest BCUT2D eigenvalue weighted by Crippen LogP contribution is 2.45. The molecular weight excluding hydrogens is 338 g/mol. The van der Waals surface area contributed by atoms with Crippen LogP contribution < -0.4 is 0 Å². The van der Waals surface area contributed by atoms with Gasteiger partial charge in [-0.05, 0) is 31.9 Å². The smallest absolute Gasteiger partial charge is 0.328 e. The molecule has 27 heavy (non-hydrogen) atoms. The van der Waals surface area contributed by atoms with Crippen LogP contribution in [0.2, 0.25) is 0 Å². The fourth-order valence-electron chi connectivity index (χ4n) is 3.57. The van der Waals surface area contributed by atoms with Crippen LogP contribution in [0.15, 0.2) is 60.7 Å². The SMILES string of the molecule is COC[C@@H](c1ccccc1)N1C[C@]1(Cc1ccccc1)C(=O)OC(C)(C)C. The molecule has 0 spiro atoms. The average molecular weight is 367 g/mol. The molecule has 0 N–H and O–H groups in total. The Kier molecular flexibility index (Phi) is 5.68. The average Bonchev–Trinajstić information content (AvgIpc) is 3.35. The van der Waals surface area contributed by atoms with Gasteiger partial charge >= 0.3 is 5.97 Å². The van der Waals surface area contributed by atoms with E-state index in [1.807, 2.05) is 57.2 Å². The van der Waals surface area contributed by atoms with Crippen molar-refractivity contribution >= 4 is 5.97 Å². The zero-order chi connectivity index (χ0) is 19.5. The summed E-state index contributed by atoms with van der Waals surface area (Å²) in [4.78, 5) is 15.4. The lowest BCUT2D eigenvalue weighted by molar-refractivity contribution is -0.160. The first-order chi connectivity index (χ1) is 12.9. The first-order valence-electron chi connectivity index (χ1n) is 9.44. The van der Waals surface area contributed by atoms with Crippen molar-refractivity contribution < 1.29 is 14.3 Å². The molecule has 0 bridgehead atoms. The second-order valence-electron chi connectivity index (χ2n) is 8.21. The Labute approximate surface area is 162 Å². The van der Waals surface area contributed by atoms with Crippen LogP contribution in [0.3, 0.4) is 0 Å². The summed E-state index contributed by atoms with van der Waals surface area (Å²) in [6.07, 6.45) is 0.635. The highest BCUT2D eigenvalue weighted by molar-refractivity contribution is 5.85. The van der Waals surface area contributed by atoms with Crippen LogP contribution in [0.1, 0.15) is 37.9 Å². The van der Waals surface area contributed by atoms with E-state index in [0.717, 1.165) is 11.1 Å². The number of rotatable bonds is 7. The van der Waals surface area contributed by atoms with Gasteiger partial charge in [0.15, 0.2) is 0 Å². The zero-order valence-electron chi connectivity index (χ0n) is 16.6. The highest BCUT2D eigenvalue weighted by Gasteiger charge is 2.62. The van der Waals surface area contributed by atoms with Gasteiger partial charge in [0, 0.05) is 20.1 Å². The molecule has 1 fully saturated rings. The molecule has 3 atom stereocenters. The quantitative estimate of drug-likeness (QED) is 0.547. The van der Waals surface area contributed by atoms with Gasteiger partial charge < -0.3 is 9.47 Å². The lowest BCUT2D eigenvalue weighted by Gasteiger charge is -2.27. The number of methoxy groups -OCH3 is 1. The largest absolute Gasteiger partial charge is 0.459 e. The van der Waals surface area contributed by atoms with E-state index in [-0.39, 0.29) is 12.0 Å².